The summed E-state index contributed by atoms with van der Waals surface area (Å²) in [5.41, 5.74) is 6.65. The topological polar surface area (TPSA) is 90.6 Å². The first-order chi connectivity index (χ1) is 11.0. The van der Waals surface area contributed by atoms with Crippen LogP contribution in [0.2, 0.25) is 0 Å². The number of halogens is 1. The molecule has 6 nitrogen and oxygen atoms in total. The Kier molecular flexibility index (Phi) is 5.00. The van der Waals surface area contributed by atoms with Gasteiger partial charge in [0.2, 0.25) is 0 Å². The van der Waals surface area contributed by atoms with Crippen molar-refractivity contribution in [1.29, 1.82) is 0 Å². The van der Waals surface area contributed by atoms with Crippen molar-refractivity contribution in [2.45, 2.75) is 12.8 Å². The molecule has 1 unspecified atom stereocenters. The van der Waals surface area contributed by atoms with Crippen LogP contribution in [0.3, 0.4) is 0 Å². The van der Waals surface area contributed by atoms with Crippen LogP contribution in [0.15, 0.2) is 47.4 Å². The van der Waals surface area contributed by atoms with Gasteiger partial charge in [0.25, 0.3) is 0 Å². The fourth-order valence-electron chi connectivity index (χ4n) is 2.36. The maximum absolute atomic E-state index is 13.2. The lowest BCUT2D eigenvalue weighted by Crippen LogP contribution is -2.33. The molecule has 0 aromatic heterocycles. The van der Waals surface area contributed by atoms with Crippen molar-refractivity contribution >= 4 is 11.9 Å². The molecule has 7 heteroatoms. The van der Waals surface area contributed by atoms with Crippen LogP contribution >= 0.6 is 0 Å². The first kappa shape index (κ1) is 16.5. The first-order valence-electron chi connectivity index (χ1n) is 6.96. The van der Waals surface area contributed by atoms with Gasteiger partial charge in [-0.1, -0.05) is 12.1 Å². The SMILES string of the molecule is CCOC(=O)C1=C(N)NC=C(C(=O)OC)C1c1ccc(F)cc1. The van der Waals surface area contributed by atoms with Gasteiger partial charge in [-0.15, -0.1) is 0 Å². The van der Waals surface area contributed by atoms with E-state index in [4.69, 9.17) is 15.2 Å². The minimum Gasteiger partial charge on any atom is -0.466 e. The second kappa shape index (κ2) is 6.95. The lowest BCUT2D eigenvalue weighted by Gasteiger charge is -2.26. The minimum absolute atomic E-state index is 0.0745. The summed E-state index contributed by atoms with van der Waals surface area (Å²) in [6, 6.07) is 5.44. The van der Waals surface area contributed by atoms with E-state index in [-0.39, 0.29) is 23.6 Å². The quantitative estimate of drug-likeness (QED) is 0.813. The van der Waals surface area contributed by atoms with E-state index in [1.54, 1.807) is 6.92 Å². The number of ether oxygens (including phenoxy) is 2. The van der Waals surface area contributed by atoms with Crippen LogP contribution in [-0.2, 0) is 19.1 Å². The highest BCUT2D eigenvalue weighted by molar-refractivity contribution is 5.99. The highest BCUT2D eigenvalue weighted by atomic mass is 19.1. The monoisotopic (exact) mass is 320 g/mol. The van der Waals surface area contributed by atoms with Crippen LogP contribution in [0, 0.1) is 5.82 Å². The molecule has 1 aliphatic heterocycles. The number of hydrogen-bond donors (Lipinski definition) is 2. The standard InChI is InChI=1S/C16H17FN2O4/c1-3-23-16(21)13-12(9-4-6-10(17)7-5-9)11(15(20)22-2)8-19-14(13)18/h4-8,12,19H,3,18H2,1-2H3. The number of hydrogen-bond acceptors (Lipinski definition) is 6. The number of esters is 2. The molecule has 1 aromatic carbocycles. The number of carbonyl (C=O) groups excluding carboxylic acids is 2. The van der Waals surface area contributed by atoms with Gasteiger partial charge in [0.1, 0.15) is 11.6 Å². The van der Waals surface area contributed by atoms with Crippen molar-refractivity contribution in [2.75, 3.05) is 13.7 Å². The molecular weight excluding hydrogens is 303 g/mol. The van der Waals surface area contributed by atoms with E-state index in [0.717, 1.165) is 0 Å². The third kappa shape index (κ3) is 3.33. The van der Waals surface area contributed by atoms with Crippen molar-refractivity contribution in [2.24, 2.45) is 5.73 Å². The smallest absolute Gasteiger partial charge is 0.338 e. The van der Waals surface area contributed by atoms with Gasteiger partial charge < -0.3 is 20.5 Å². The van der Waals surface area contributed by atoms with Crippen LogP contribution in [0.5, 0.6) is 0 Å². The Labute approximate surface area is 132 Å². The Morgan fingerprint density at radius 3 is 2.48 bits per heavy atom. The van der Waals surface area contributed by atoms with Crippen molar-refractivity contribution < 1.29 is 23.5 Å². The molecule has 1 heterocycles. The Balaban J connectivity index is 2.55. The van der Waals surface area contributed by atoms with Crippen LogP contribution in [-0.4, -0.2) is 25.7 Å². The summed E-state index contributed by atoms with van der Waals surface area (Å²) in [5, 5.41) is 2.67. The van der Waals surface area contributed by atoms with Gasteiger partial charge in [0.15, 0.2) is 0 Å². The number of rotatable bonds is 4. The van der Waals surface area contributed by atoms with E-state index < -0.39 is 23.7 Å². The Morgan fingerprint density at radius 1 is 1.26 bits per heavy atom. The summed E-state index contributed by atoms with van der Waals surface area (Å²) in [7, 11) is 1.23. The first-order valence-corrected chi connectivity index (χ1v) is 6.96. The highest BCUT2D eigenvalue weighted by Crippen LogP contribution is 2.36. The van der Waals surface area contributed by atoms with Crippen molar-refractivity contribution in [3.05, 3.63) is 58.8 Å². The number of nitrogens with two attached hydrogens (primary N) is 1. The van der Waals surface area contributed by atoms with Gasteiger partial charge in [-0.2, -0.15) is 0 Å². The van der Waals surface area contributed by atoms with Gasteiger partial charge >= 0.3 is 11.9 Å². The second-order valence-corrected chi connectivity index (χ2v) is 4.77. The molecular formula is C16H17FN2O4. The third-order valence-electron chi connectivity index (χ3n) is 3.39. The molecule has 0 bridgehead atoms. The fraction of sp³-hybridized carbons (Fsp3) is 0.250. The summed E-state index contributed by atoms with van der Waals surface area (Å²) in [6.45, 7) is 1.82. The van der Waals surface area contributed by atoms with Crippen molar-refractivity contribution in [3.63, 3.8) is 0 Å². The van der Waals surface area contributed by atoms with Gasteiger partial charge in [0, 0.05) is 6.20 Å². The van der Waals surface area contributed by atoms with Crippen LogP contribution in [0.25, 0.3) is 0 Å². The van der Waals surface area contributed by atoms with Crippen LogP contribution < -0.4 is 11.1 Å². The van der Waals surface area contributed by atoms with Crippen LogP contribution in [0.4, 0.5) is 4.39 Å². The molecule has 0 spiro atoms. The van der Waals surface area contributed by atoms with E-state index in [0.29, 0.717) is 5.56 Å². The zero-order chi connectivity index (χ0) is 17.0. The largest absolute Gasteiger partial charge is 0.466 e. The summed E-state index contributed by atoms with van der Waals surface area (Å²) in [6.07, 6.45) is 1.37. The molecule has 0 amide bonds. The normalized spacial score (nSPS) is 17.2. The Bertz CT molecular complexity index is 680. The lowest BCUT2D eigenvalue weighted by atomic mass is 9.83. The zero-order valence-corrected chi connectivity index (χ0v) is 12.8. The Morgan fingerprint density at radius 2 is 1.91 bits per heavy atom. The van der Waals surface area contributed by atoms with Gasteiger partial charge in [-0.3, -0.25) is 0 Å². The van der Waals surface area contributed by atoms with Gasteiger partial charge in [-0.05, 0) is 24.6 Å². The number of carbonyl (C=O) groups is 2. The predicted molar refractivity (Wildman–Crippen MR) is 80.2 cm³/mol. The summed E-state index contributed by atoms with van der Waals surface area (Å²) >= 11 is 0. The summed E-state index contributed by atoms with van der Waals surface area (Å²) in [5.74, 6) is -2.43. The summed E-state index contributed by atoms with van der Waals surface area (Å²) in [4.78, 5) is 24.3. The summed E-state index contributed by atoms with van der Waals surface area (Å²) < 4.78 is 23.0. The van der Waals surface area contributed by atoms with Gasteiger partial charge in [0.05, 0.1) is 30.8 Å². The Hall–Kier alpha value is -2.83. The van der Waals surface area contributed by atoms with E-state index in [9.17, 15) is 14.0 Å². The molecule has 2 rings (SSSR count). The number of nitrogens with one attached hydrogen (secondary N) is 1. The minimum atomic E-state index is -0.802. The predicted octanol–water partition coefficient (Wildman–Crippen LogP) is 1.30. The molecule has 1 atom stereocenters. The zero-order valence-electron chi connectivity index (χ0n) is 12.8. The molecule has 3 N–H and O–H groups in total. The van der Waals surface area contributed by atoms with E-state index in [1.807, 2.05) is 0 Å². The molecule has 0 saturated heterocycles. The van der Waals surface area contributed by atoms with E-state index >= 15 is 0 Å². The molecule has 0 radical (unpaired) electrons. The average Bonchev–Trinajstić information content (AvgIpc) is 2.54. The van der Waals surface area contributed by atoms with E-state index in [2.05, 4.69) is 5.32 Å². The number of dihydropyridines is 1. The lowest BCUT2D eigenvalue weighted by molar-refractivity contribution is -0.139. The fourth-order valence-corrected chi connectivity index (χ4v) is 2.36. The van der Waals surface area contributed by atoms with Crippen molar-refractivity contribution in [3.8, 4) is 0 Å². The average molecular weight is 320 g/mol. The molecule has 0 aliphatic carbocycles. The maximum atomic E-state index is 13.2. The third-order valence-corrected chi connectivity index (χ3v) is 3.39. The number of methoxy groups -OCH3 is 1. The van der Waals surface area contributed by atoms with Crippen LogP contribution in [0.1, 0.15) is 18.4 Å². The number of benzene rings is 1. The highest BCUT2D eigenvalue weighted by Gasteiger charge is 2.36. The van der Waals surface area contributed by atoms with Gasteiger partial charge in [-0.25, -0.2) is 14.0 Å². The second-order valence-electron chi connectivity index (χ2n) is 4.77. The molecule has 122 valence electrons. The maximum Gasteiger partial charge on any atom is 0.338 e. The molecule has 23 heavy (non-hydrogen) atoms. The molecule has 0 saturated carbocycles. The molecule has 1 aliphatic rings. The molecule has 1 aromatic rings. The van der Waals surface area contributed by atoms with E-state index in [1.165, 1.54) is 37.6 Å². The van der Waals surface area contributed by atoms with Crippen molar-refractivity contribution in [1.82, 2.24) is 5.32 Å². The molecule has 0 fully saturated rings.